The zero-order valence-electron chi connectivity index (χ0n) is 12.6. The maximum atomic E-state index is 11.8. The Balaban J connectivity index is 2.33. The fraction of sp³-hybridized carbons (Fsp3) is 0.375. The third-order valence-corrected chi connectivity index (χ3v) is 3.42. The van der Waals surface area contributed by atoms with Gasteiger partial charge in [-0.15, -0.1) is 0 Å². The molecule has 0 unspecified atom stereocenters. The van der Waals surface area contributed by atoms with Crippen LogP contribution in [0.2, 0.25) is 0 Å². The van der Waals surface area contributed by atoms with Crippen LogP contribution in [0.3, 0.4) is 0 Å². The highest BCUT2D eigenvalue weighted by molar-refractivity contribution is 9.10. The minimum Gasteiger partial charge on any atom is -0.389 e. The van der Waals surface area contributed by atoms with E-state index in [4.69, 9.17) is 10.00 Å². The Bertz CT molecular complexity index is 535. The van der Waals surface area contributed by atoms with Crippen molar-refractivity contribution in [1.29, 1.82) is 5.26 Å². The molecule has 0 bridgehead atoms. The van der Waals surface area contributed by atoms with E-state index < -0.39 is 0 Å². The van der Waals surface area contributed by atoms with Gasteiger partial charge in [0.05, 0.1) is 0 Å². The average Bonchev–Trinajstić information content (AvgIpc) is 2.53. The Kier molecular flexibility index (Phi) is 8.96. The Morgan fingerprint density at radius 2 is 2.09 bits per heavy atom. The molecule has 1 amide bonds. The van der Waals surface area contributed by atoms with Gasteiger partial charge in [0.25, 0.3) is 5.91 Å². The van der Waals surface area contributed by atoms with Crippen LogP contribution < -0.4 is 10.6 Å². The predicted octanol–water partition coefficient (Wildman–Crippen LogP) is 2.14. The topological polar surface area (TPSA) is 74.1 Å². The molecule has 6 heteroatoms. The summed E-state index contributed by atoms with van der Waals surface area (Å²) in [6, 6.07) is 9.93. The number of carbonyl (C=O) groups is 1. The van der Waals surface area contributed by atoms with E-state index in [1.807, 2.05) is 30.3 Å². The number of benzene rings is 1. The summed E-state index contributed by atoms with van der Waals surface area (Å²) in [6.45, 7) is 1.73. The van der Waals surface area contributed by atoms with E-state index in [1.54, 1.807) is 7.11 Å². The number of rotatable bonds is 9. The van der Waals surface area contributed by atoms with E-state index in [0.29, 0.717) is 19.7 Å². The van der Waals surface area contributed by atoms with E-state index >= 15 is 0 Å². The minimum absolute atomic E-state index is 0.0771. The van der Waals surface area contributed by atoms with E-state index in [2.05, 4.69) is 26.6 Å². The zero-order chi connectivity index (χ0) is 16.2. The second-order valence-corrected chi connectivity index (χ2v) is 5.52. The van der Waals surface area contributed by atoms with Crippen LogP contribution >= 0.6 is 15.9 Å². The molecule has 5 nitrogen and oxygen atoms in total. The molecular formula is C16H20BrN3O2. The van der Waals surface area contributed by atoms with E-state index in [-0.39, 0.29) is 11.5 Å². The SMILES string of the molecule is COCCCNC(=O)/C(C#N)=C\NCCc1ccc(Br)cc1. The molecule has 0 radical (unpaired) electrons. The Morgan fingerprint density at radius 1 is 1.36 bits per heavy atom. The lowest BCUT2D eigenvalue weighted by molar-refractivity contribution is -0.117. The van der Waals surface area contributed by atoms with E-state index in [1.165, 1.54) is 11.8 Å². The van der Waals surface area contributed by atoms with Crippen molar-refractivity contribution in [2.75, 3.05) is 26.8 Å². The lowest BCUT2D eigenvalue weighted by Crippen LogP contribution is -2.27. The highest BCUT2D eigenvalue weighted by atomic mass is 79.9. The molecule has 0 aromatic heterocycles. The molecule has 0 spiro atoms. The van der Waals surface area contributed by atoms with Crippen LogP contribution in [0.5, 0.6) is 0 Å². The van der Waals surface area contributed by atoms with Crippen LogP contribution in [0.15, 0.2) is 40.5 Å². The van der Waals surface area contributed by atoms with Crippen molar-refractivity contribution in [3.8, 4) is 6.07 Å². The zero-order valence-corrected chi connectivity index (χ0v) is 14.1. The van der Waals surface area contributed by atoms with Crippen LogP contribution in [0.25, 0.3) is 0 Å². The van der Waals surface area contributed by atoms with Crippen LogP contribution in [-0.4, -0.2) is 32.7 Å². The van der Waals surface area contributed by atoms with Crippen LogP contribution in [0.4, 0.5) is 0 Å². The Hall–Kier alpha value is -1.84. The fourth-order valence-corrected chi connectivity index (χ4v) is 1.97. The summed E-state index contributed by atoms with van der Waals surface area (Å²) in [5.41, 5.74) is 1.26. The summed E-state index contributed by atoms with van der Waals surface area (Å²) in [6.07, 6.45) is 3.00. The van der Waals surface area contributed by atoms with E-state index in [0.717, 1.165) is 17.3 Å². The second kappa shape index (κ2) is 10.8. The number of hydrogen-bond donors (Lipinski definition) is 2. The molecule has 0 saturated carbocycles. The van der Waals surface area contributed by atoms with Crippen LogP contribution in [0, 0.1) is 11.3 Å². The highest BCUT2D eigenvalue weighted by Crippen LogP contribution is 2.10. The first-order valence-corrected chi connectivity index (χ1v) is 7.82. The van der Waals surface area contributed by atoms with Crippen molar-refractivity contribution in [3.05, 3.63) is 46.1 Å². The molecule has 118 valence electrons. The number of nitrogens with one attached hydrogen (secondary N) is 2. The smallest absolute Gasteiger partial charge is 0.263 e. The normalized spacial score (nSPS) is 10.9. The number of amides is 1. The summed E-state index contributed by atoms with van der Waals surface area (Å²) < 4.78 is 5.94. The number of methoxy groups -OCH3 is 1. The lowest BCUT2D eigenvalue weighted by Gasteiger charge is -2.05. The number of halogens is 1. The number of hydrogen-bond acceptors (Lipinski definition) is 4. The first kappa shape index (κ1) is 18.2. The van der Waals surface area contributed by atoms with Gasteiger partial charge in [0, 0.05) is 37.5 Å². The molecule has 0 atom stereocenters. The number of ether oxygens (including phenoxy) is 1. The molecule has 1 rings (SSSR count). The van der Waals surface area contributed by atoms with Crippen molar-refractivity contribution in [3.63, 3.8) is 0 Å². The maximum absolute atomic E-state index is 11.8. The van der Waals surface area contributed by atoms with Gasteiger partial charge in [0.2, 0.25) is 0 Å². The molecular weight excluding hydrogens is 346 g/mol. The molecule has 0 heterocycles. The quantitative estimate of drug-likeness (QED) is 0.399. The summed E-state index contributed by atoms with van der Waals surface area (Å²) in [7, 11) is 1.61. The molecule has 1 aromatic rings. The second-order valence-electron chi connectivity index (χ2n) is 4.60. The molecule has 0 saturated heterocycles. The molecule has 0 aliphatic heterocycles. The van der Waals surface area contributed by atoms with Gasteiger partial charge < -0.3 is 15.4 Å². The molecule has 0 aliphatic rings. The van der Waals surface area contributed by atoms with Gasteiger partial charge in [-0.25, -0.2) is 0 Å². The predicted molar refractivity (Wildman–Crippen MR) is 89.0 cm³/mol. The van der Waals surface area contributed by atoms with Crippen LogP contribution in [-0.2, 0) is 16.0 Å². The van der Waals surface area contributed by atoms with Gasteiger partial charge in [-0.3, -0.25) is 4.79 Å². The van der Waals surface area contributed by atoms with Gasteiger partial charge in [0.15, 0.2) is 0 Å². The van der Waals surface area contributed by atoms with Gasteiger partial charge in [-0.05, 0) is 30.5 Å². The van der Waals surface area contributed by atoms with Gasteiger partial charge >= 0.3 is 0 Å². The van der Waals surface area contributed by atoms with Crippen molar-refractivity contribution < 1.29 is 9.53 Å². The summed E-state index contributed by atoms with van der Waals surface area (Å²) in [4.78, 5) is 11.8. The van der Waals surface area contributed by atoms with Crippen molar-refractivity contribution in [1.82, 2.24) is 10.6 Å². The summed E-state index contributed by atoms with van der Waals surface area (Å²) in [5, 5.41) is 14.7. The third-order valence-electron chi connectivity index (χ3n) is 2.89. The number of nitrogens with zero attached hydrogens (tertiary/aromatic N) is 1. The molecule has 0 fully saturated rings. The monoisotopic (exact) mass is 365 g/mol. The summed E-state index contributed by atoms with van der Waals surface area (Å²) >= 11 is 3.39. The molecule has 1 aromatic carbocycles. The Labute approximate surface area is 139 Å². The average molecular weight is 366 g/mol. The number of nitriles is 1. The Morgan fingerprint density at radius 3 is 2.73 bits per heavy atom. The molecule has 0 aliphatic carbocycles. The largest absolute Gasteiger partial charge is 0.389 e. The van der Waals surface area contributed by atoms with Gasteiger partial charge in [-0.2, -0.15) is 5.26 Å². The van der Waals surface area contributed by atoms with Gasteiger partial charge in [0.1, 0.15) is 11.6 Å². The van der Waals surface area contributed by atoms with Crippen molar-refractivity contribution in [2.24, 2.45) is 0 Å². The van der Waals surface area contributed by atoms with Crippen LogP contribution in [0.1, 0.15) is 12.0 Å². The molecule has 22 heavy (non-hydrogen) atoms. The maximum Gasteiger partial charge on any atom is 0.263 e. The van der Waals surface area contributed by atoms with E-state index in [9.17, 15) is 4.79 Å². The van der Waals surface area contributed by atoms with Crippen molar-refractivity contribution >= 4 is 21.8 Å². The summed E-state index contributed by atoms with van der Waals surface area (Å²) in [5.74, 6) is -0.366. The number of carbonyl (C=O) groups excluding carboxylic acids is 1. The first-order chi connectivity index (χ1) is 10.7. The minimum atomic E-state index is -0.366. The first-order valence-electron chi connectivity index (χ1n) is 7.02. The van der Waals surface area contributed by atoms with Crippen molar-refractivity contribution in [2.45, 2.75) is 12.8 Å². The molecule has 2 N–H and O–H groups in total. The third kappa shape index (κ3) is 7.25. The van der Waals surface area contributed by atoms with Gasteiger partial charge in [-0.1, -0.05) is 28.1 Å². The highest BCUT2D eigenvalue weighted by Gasteiger charge is 2.07. The fourth-order valence-electron chi connectivity index (χ4n) is 1.70. The standard InChI is InChI=1S/C16H20BrN3O2/c1-22-10-2-8-20-16(21)14(11-18)12-19-9-7-13-3-5-15(17)6-4-13/h3-6,12,19H,2,7-10H2,1H3,(H,20,21)/b14-12-. The lowest BCUT2D eigenvalue weighted by atomic mass is 10.1.